The Morgan fingerprint density at radius 1 is 1.33 bits per heavy atom. The van der Waals surface area contributed by atoms with Gasteiger partial charge in [-0.2, -0.15) is 0 Å². The van der Waals surface area contributed by atoms with Crippen molar-refractivity contribution >= 4 is 0 Å². The molecule has 1 N–H and O–H groups in total. The summed E-state index contributed by atoms with van der Waals surface area (Å²) in [6, 6.07) is 11.8. The summed E-state index contributed by atoms with van der Waals surface area (Å²) in [7, 11) is 0. The summed E-state index contributed by atoms with van der Waals surface area (Å²) >= 11 is 0. The second-order valence-electron chi connectivity index (χ2n) is 6.03. The number of hydrogen-bond donors (Lipinski definition) is 1. The molecule has 1 aliphatic rings. The Labute approximate surface area is 126 Å². The SMILES string of the molecule is CC(Cn1ccnc1)NC1CCN(Cc2ccccc2)C1. The van der Waals surface area contributed by atoms with Gasteiger partial charge in [-0.15, -0.1) is 0 Å². The molecule has 2 atom stereocenters. The molecular weight excluding hydrogens is 260 g/mol. The highest BCUT2D eigenvalue weighted by molar-refractivity contribution is 5.14. The maximum Gasteiger partial charge on any atom is 0.0946 e. The maximum atomic E-state index is 4.09. The molecule has 1 aromatic heterocycles. The second-order valence-corrected chi connectivity index (χ2v) is 6.03. The zero-order valence-electron chi connectivity index (χ0n) is 12.7. The Bertz CT molecular complexity index is 523. The lowest BCUT2D eigenvalue weighted by Gasteiger charge is -2.21. The summed E-state index contributed by atoms with van der Waals surface area (Å²) in [6.45, 7) is 6.62. The first-order valence-electron chi connectivity index (χ1n) is 7.77. The van der Waals surface area contributed by atoms with Crippen molar-refractivity contribution in [1.29, 1.82) is 0 Å². The predicted octanol–water partition coefficient (Wildman–Crippen LogP) is 2.14. The van der Waals surface area contributed by atoms with Gasteiger partial charge in [-0.1, -0.05) is 30.3 Å². The van der Waals surface area contributed by atoms with E-state index in [9.17, 15) is 0 Å². The molecule has 0 bridgehead atoms. The molecule has 2 aromatic rings. The second kappa shape index (κ2) is 6.87. The topological polar surface area (TPSA) is 33.1 Å². The minimum atomic E-state index is 0.473. The van der Waals surface area contributed by atoms with Crippen molar-refractivity contribution in [3.8, 4) is 0 Å². The summed E-state index contributed by atoms with van der Waals surface area (Å²) in [4.78, 5) is 6.63. The van der Waals surface area contributed by atoms with Gasteiger partial charge in [0.2, 0.25) is 0 Å². The monoisotopic (exact) mass is 284 g/mol. The number of aromatic nitrogens is 2. The summed E-state index contributed by atoms with van der Waals surface area (Å²) in [5.74, 6) is 0. The lowest BCUT2D eigenvalue weighted by atomic mass is 10.2. The van der Waals surface area contributed by atoms with E-state index >= 15 is 0 Å². The van der Waals surface area contributed by atoms with E-state index in [2.05, 4.69) is 57.0 Å². The Kier molecular flexibility index (Phi) is 4.68. The van der Waals surface area contributed by atoms with Crippen LogP contribution in [0, 0.1) is 0 Å². The number of benzene rings is 1. The lowest BCUT2D eigenvalue weighted by Crippen LogP contribution is -2.40. The maximum absolute atomic E-state index is 4.09. The minimum absolute atomic E-state index is 0.473. The molecule has 21 heavy (non-hydrogen) atoms. The Balaban J connectivity index is 1.44. The smallest absolute Gasteiger partial charge is 0.0946 e. The van der Waals surface area contributed by atoms with Crippen LogP contribution in [0.2, 0.25) is 0 Å². The summed E-state index contributed by atoms with van der Waals surface area (Å²) in [6.07, 6.45) is 6.98. The van der Waals surface area contributed by atoms with Gasteiger partial charge in [0.1, 0.15) is 0 Å². The summed E-state index contributed by atoms with van der Waals surface area (Å²) in [5, 5.41) is 3.74. The molecular formula is C17H24N4. The Morgan fingerprint density at radius 3 is 2.95 bits per heavy atom. The molecule has 2 heterocycles. The van der Waals surface area contributed by atoms with E-state index in [1.807, 2.05) is 18.7 Å². The van der Waals surface area contributed by atoms with Gasteiger partial charge in [0, 0.05) is 50.7 Å². The average molecular weight is 284 g/mol. The fourth-order valence-corrected chi connectivity index (χ4v) is 3.12. The average Bonchev–Trinajstić information content (AvgIpc) is 3.12. The van der Waals surface area contributed by atoms with Gasteiger partial charge < -0.3 is 9.88 Å². The van der Waals surface area contributed by atoms with Crippen LogP contribution in [0.1, 0.15) is 18.9 Å². The van der Waals surface area contributed by atoms with Gasteiger partial charge in [-0.25, -0.2) is 4.98 Å². The van der Waals surface area contributed by atoms with Gasteiger partial charge in [-0.3, -0.25) is 4.90 Å². The van der Waals surface area contributed by atoms with E-state index in [-0.39, 0.29) is 0 Å². The van der Waals surface area contributed by atoms with Crippen LogP contribution in [0.15, 0.2) is 49.1 Å². The lowest BCUT2D eigenvalue weighted by molar-refractivity contribution is 0.312. The molecule has 4 nitrogen and oxygen atoms in total. The van der Waals surface area contributed by atoms with E-state index in [1.165, 1.54) is 18.5 Å². The van der Waals surface area contributed by atoms with E-state index < -0.39 is 0 Å². The third-order valence-electron chi connectivity index (χ3n) is 4.09. The van der Waals surface area contributed by atoms with Crippen molar-refractivity contribution in [2.75, 3.05) is 13.1 Å². The highest BCUT2D eigenvalue weighted by atomic mass is 15.2. The van der Waals surface area contributed by atoms with Crippen molar-refractivity contribution < 1.29 is 0 Å². The van der Waals surface area contributed by atoms with Crippen LogP contribution in [0.5, 0.6) is 0 Å². The van der Waals surface area contributed by atoms with Crippen LogP contribution in [0.4, 0.5) is 0 Å². The molecule has 0 saturated carbocycles. The third kappa shape index (κ3) is 4.16. The quantitative estimate of drug-likeness (QED) is 0.882. The molecule has 1 saturated heterocycles. The fourth-order valence-electron chi connectivity index (χ4n) is 3.12. The largest absolute Gasteiger partial charge is 0.336 e. The van der Waals surface area contributed by atoms with E-state index in [0.717, 1.165) is 19.6 Å². The van der Waals surface area contributed by atoms with Crippen LogP contribution in [-0.4, -0.2) is 39.6 Å². The molecule has 1 fully saturated rings. The third-order valence-corrected chi connectivity index (χ3v) is 4.09. The molecule has 0 spiro atoms. The molecule has 112 valence electrons. The molecule has 0 amide bonds. The minimum Gasteiger partial charge on any atom is -0.336 e. The molecule has 0 radical (unpaired) electrons. The number of nitrogens with one attached hydrogen (secondary N) is 1. The van der Waals surface area contributed by atoms with Gasteiger partial charge in [0.15, 0.2) is 0 Å². The van der Waals surface area contributed by atoms with Crippen LogP contribution in [0.3, 0.4) is 0 Å². The van der Waals surface area contributed by atoms with Crippen molar-refractivity contribution in [1.82, 2.24) is 19.8 Å². The highest BCUT2D eigenvalue weighted by Crippen LogP contribution is 2.14. The molecule has 0 aliphatic carbocycles. The molecule has 3 rings (SSSR count). The zero-order chi connectivity index (χ0) is 14.5. The first kappa shape index (κ1) is 14.3. The van der Waals surface area contributed by atoms with E-state index in [0.29, 0.717) is 12.1 Å². The zero-order valence-corrected chi connectivity index (χ0v) is 12.7. The first-order chi connectivity index (χ1) is 10.3. The van der Waals surface area contributed by atoms with Crippen molar-refractivity contribution in [3.05, 3.63) is 54.6 Å². The van der Waals surface area contributed by atoms with Gasteiger partial charge in [0.05, 0.1) is 6.33 Å². The number of nitrogens with zero attached hydrogens (tertiary/aromatic N) is 3. The number of hydrogen-bond acceptors (Lipinski definition) is 3. The van der Waals surface area contributed by atoms with Crippen LogP contribution >= 0.6 is 0 Å². The first-order valence-corrected chi connectivity index (χ1v) is 7.77. The normalized spacial score (nSPS) is 20.7. The van der Waals surface area contributed by atoms with Crippen molar-refractivity contribution in [3.63, 3.8) is 0 Å². The standard InChI is InChI=1S/C17H24N4/c1-15(11-21-10-8-18-14-21)19-17-7-9-20(13-17)12-16-5-3-2-4-6-16/h2-6,8,10,14-15,17,19H,7,9,11-13H2,1H3. The fraction of sp³-hybridized carbons (Fsp3) is 0.471. The van der Waals surface area contributed by atoms with Gasteiger partial charge in [0.25, 0.3) is 0 Å². The Hall–Kier alpha value is -1.65. The van der Waals surface area contributed by atoms with Crippen LogP contribution in [0.25, 0.3) is 0 Å². The van der Waals surface area contributed by atoms with Crippen LogP contribution in [-0.2, 0) is 13.1 Å². The van der Waals surface area contributed by atoms with E-state index in [1.54, 1.807) is 0 Å². The van der Waals surface area contributed by atoms with Gasteiger partial charge in [-0.05, 0) is 18.9 Å². The number of rotatable bonds is 6. The van der Waals surface area contributed by atoms with Crippen molar-refractivity contribution in [2.24, 2.45) is 0 Å². The highest BCUT2D eigenvalue weighted by Gasteiger charge is 2.23. The number of likely N-dealkylation sites (tertiary alicyclic amines) is 1. The van der Waals surface area contributed by atoms with Gasteiger partial charge >= 0.3 is 0 Å². The molecule has 4 heteroatoms. The predicted molar refractivity (Wildman–Crippen MR) is 84.9 cm³/mol. The Morgan fingerprint density at radius 2 is 2.19 bits per heavy atom. The molecule has 1 aromatic carbocycles. The molecule has 1 aliphatic heterocycles. The van der Waals surface area contributed by atoms with Crippen LogP contribution < -0.4 is 5.32 Å². The summed E-state index contributed by atoms with van der Waals surface area (Å²) in [5.41, 5.74) is 1.41. The summed E-state index contributed by atoms with van der Waals surface area (Å²) < 4.78 is 2.13. The van der Waals surface area contributed by atoms with E-state index in [4.69, 9.17) is 0 Å². The molecule has 2 unspecified atom stereocenters. The van der Waals surface area contributed by atoms with Crippen molar-refractivity contribution in [2.45, 2.75) is 38.5 Å². The number of imidazole rings is 1.